The van der Waals surface area contributed by atoms with Gasteiger partial charge < -0.3 is 14.9 Å². The van der Waals surface area contributed by atoms with Gasteiger partial charge in [0.2, 0.25) is 19.8 Å². The summed E-state index contributed by atoms with van der Waals surface area (Å²) in [4.78, 5) is 20.3. The third kappa shape index (κ3) is 4.97. The molecule has 0 aliphatic heterocycles. The Balaban J connectivity index is 1.68. The fourth-order valence-electron chi connectivity index (χ4n) is 2.41. The van der Waals surface area contributed by atoms with Crippen molar-refractivity contribution in [3.05, 3.63) is 54.4 Å². The summed E-state index contributed by atoms with van der Waals surface area (Å²) in [6.45, 7) is 2.12. The number of aromatic nitrogens is 4. The van der Waals surface area contributed by atoms with E-state index in [0.29, 0.717) is 23.2 Å². The predicted octanol–water partition coefficient (Wildman–Crippen LogP) is 1.96. The van der Waals surface area contributed by atoms with Gasteiger partial charge in [0.15, 0.2) is 5.82 Å². The molecule has 0 radical (unpaired) electrons. The number of benzene rings is 1. The van der Waals surface area contributed by atoms with E-state index in [4.69, 9.17) is 4.52 Å². The summed E-state index contributed by atoms with van der Waals surface area (Å²) in [7, 11) is -2.32. The predicted molar refractivity (Wildman–Crippen MR) is 104 cm³/mol. The van der Waals surface area contributed by atoms with Crippen molar-refractivity contribution >= 4 is 24.9 Å². The number of nitrogens with zero attached hydrogens (tertiary/aromatic N) is 4. The zero-order valence-corrected chi connectivity index (χ0v) is 16.0. The Hall–Kier alpha value is -3.16. The van der Waals surface area contributed by atoms with Gasteiger partial charge in [-0.05, 0) is 36.8 Å². The molecule has 28 heavy (non-hydrogen) atoms. The molecule has 0 aliphatic carbocycles. The maximum absolute atomic E-state index is 12.3. The lowest BCUT2D eigenvalue weighted by molar-refractivity contribution is -0.115. The minimum Gasteiger partial charge on any atom is -0.492 e. The van der Waals surface area contributed by atoms with Crippen LogP contribution in [0.15, 0.2) is 48.8 Å². The molecule has 0 fully saturated rings. The van der Waals surface area contributed by atoms with Crippen LogP contribution in [-0.4, -0.2) is 37.8 Å². The molecule has 0 saturated carbocycles. The van der Waals surface area contributed by atoms with E-state index in [1.807, 2.05) is 0 Å². The Morgan fingerprint density at radius 3 is 2.86 bits per heavy atom. The summed E-state index contributed by atoms with van der Waals surface area (Å²) in [5.74, 6) is -0.559. The van der Waals surface area contributed by atoms with Gasteiger partial charge in [-0.1, -0.05) is 12.1 Å². The van der Waals surface area contributed by atoms with E-state index < -0.39 is 8.03 Å². The van der Waals surface area contributed by atoms with E-state index in [2.05, 4.69) is 25.5 Å². The summed E-state index contributed by atoms with van der Waals surface area (Å²) >= 11 is 0. The number of anilines is 1. The molecule has 2 N–H and O–H groups in total. The number of carbonyl (C=O) groups is 1. The van der Waals surface area contributed by atoms with Gasteiger partial charge in [-0.25, -0.2) is 4.98 Å². The molecule has 0 aliphatic rings. The minimum atomic E-state index is -2.32. The molecule has 9 nitrogen and oxygen atoms in total. The second kappa shape index (κ2) is 9.16. The topological polar surface area (TPSA) is 127 Å². The highest BCUT2D eigenvalue weighted by Gasteiger charge is 2.13. The first-order chi connectivity index (χ1) is 13.6. The standard InChI is InChI=1S/C18H18N5O4P/c1-2-27-28(26)13-6-3-5-12(9-13)10-16(24)21-15-11-19-17(22-18(15)25)14-7-4-8-20-23-14/h3-9,11,28H,2,10H2,1H3,(H,21,24)(H,19,22,25). The van der Waals surface area contributed by atoms with Gasteiger partial charge in [0.05, 0.1) is 19.2 Å². The first-order valence-corrected chi connectivity index (χ1v) is 9.78. The SMILES string of the molecule is CCO[PH](=O)c1cccc(CC(=O)Nc2cnc(-c3cccnn3)nc2O)c1. The number of hydrogen-bond acceptors (Lipinski definition) is 8. The Morgan fingerprint density at radius 2 is 2.14 bits per heavy atom. The summed E-state index contributed by atoms with van der Waals surface area (Å²) in [5.41, 5.74) is 1.15. The Labute approximate surface area is 161 Å². The van der Waals surface area contributed by atoms with Crippen molar-refractivity contribution in [3.8, 4) is 17.4 Å². The molecule has 1 amide bonds. The quantitative estimate of drug-likeness (QED) is 0.577. The van der Waals surface area contributed by atoms with Gasteiger partial charge in [-0.15, -0.1) is 5.10 Å². The molecule has 0 saturated heterocycles. The zero-order chi connectivity index (χ0) is 19.9. The summed E-state index contributed by atoms with van der Waals surface area (Å²) in [6.07, 6.45) is 2.84. The number of rotatable bonds is 7. The molecular weight excluding hydrogens is 381 g/mol. The van der Waals surface area contributed by atoms with Crippen LogP contribution >= 0.6 is 8.03 Å². The highest BCUT2D eigenvalue weighted by atomic mass is 31.1. The molecule has 2 aromatic heterocycles. The summed E-state index contributed by atoms with van der Waals surface area (Å²) in [5, 5.41) is 20.8. The highest BCUT2D eigenvalue weighted by Crippen LogP contribution is 2.23. The molecule has 3 aromatic rings. The maximum atomic E-state index is 12.3. The van der Waals surface area contributed by atoms with Gasteiger partial charge in [-0.2, -0.15) is 10.1 Å². The second-order valence-corrected chi connectivity index (χ2v) is 7.13. The van der Waals surface area contributed by atoms with E-state index in [1.165, 1.54) is 12.4 Å². The second-order valence-electron chi connectivity index (χ2n) is 5.69. The third-order valence-electron chi connectivity index (χ3n) is 3.65. The molecule has 0 spiro atoms. The molecule has 10 heteroatoms. The van der Waals surface area contributed by atoms with Crippen molar-refractivity contribution in [3.63, 3.8) is 0 Å². The molecule has 2 heterocycles. The smallest absolute Gasteiger partial charge is 0.239 e. The van der Waals surface area contributed by atoms with Crippen LogP contribution in [0.2, 0.25) is 0 Å². The molecule has 1 aromatic carbocycles. The largest absolute Gasteiger partial charge is 0.492 e. The monoisotopic (exact) mass is 399 g/mol. The van der Waals surface area contributed by atoms with Crippen molar-refractivity contribution in [1.29, 1.82) is 0 Å². The molecular formula is C18H18N5O4P. The zero-order valence-electron chi connectivity index (χ0n) is 15.0. The van der Waals surface area contributed by atoms with E-state index >= 15 is 0 Å². The van der Waals surface area contributed by atoms with Crippen LogP contribution < -0.4 is 10.6 Å². The number of aromatic hydroxyl groups is 1. The lowest BCUT2D eigenvalue weighted by Crippen LogP contribution is -2.16. The first kappa shape index (κ1) is 19.6. The van der Waals surface area contributed by atoms with E-state index in [9.17, 15) is 14.5 Å². The van der Waals surface area contributed by atoms with Crippen LogP contribution in [0.3, 0.4) is 0 Å². The first-order valence-electron chi connectivity index (χ1n) is 8.47. The average Bonchev–Trinajstić information content (AvgIpc) is 2.70. The van der Waals surface area contributed by atoms with Gasteiger partial charge in [0, 0.05) is 11.5 Å². The van der Waals surface area contributed by atoms with Gasteiger partial charge >= 0.3 is 0 Å². The van der Waals surface area contributed by atoms with Crippen molar-refractivity contribution in [2.75, 3.05) is 11.9 Å². The number of carbonyl (C=O) groups excluding carboxylic acids is 1. The van der Waals surface area contributed by atoms with E-state index in [-0.39, 0.29) is 29.7 Å². The molecule has 3 rings (SSSR count). The lowest BCUT2D eigenvalue weighted by Gasteiger charge is -2.08. The normalized spacial score (nSPS) is 11.8. The number of hydrogen-bond donors (Lipinski definition) is 2. The highest BCUT2D eigenvalue weighted by molar-refractivity contribution is 7.48. The van der Waals surface area contributed by atoms with E-state index in [1.54, 1.807) is 43.3 Å². The molecule has 1 unspecified atom stereocenters. The third-order valence-corrected chi connectivity index (χ3v) is 4.98. The Morgan fingerprint density at radius 1 is 1.29 bits per heavy atom. The van der Waals surface area contributed by atoms with E-state index in [0.717, 1.165) is 0 Å². The van der Waals surface area contributed by atoms with Crippen LogP contribution in [0.4, 0.5) is 5.69 Å². The van der Waals surface area contributed by atoms with Crippen LogP contribution in [0.25, 0.3) is 11.5 Å². The fraction of sp³-hybridized carbons (Fsp3) is 0.167. The van der Waals surface area contributed by atoms with Gasteiger partial charge in [-0.3, -0.25) is 9.36 Å². The van der Waals surface area contributed by atoms with Crippen LogP contribution in [-0.2, 0) is 20.3 Å². The minimum absolute atomic E-state index is 0.0282. The van der Waals surface area contributed by atoms with Gasteiger partial charge in [0.25, 0.3) is 0 Å². The van der Waals surface area contributed by atoms with Crippen molar-refractivity contribution < 1.29 is 19.0 Å². The summed E-state index contributed by atoms with van der Waals surface area (Å²) < 4.78 is 17.1. The van der Waals surface area contributed by atoms with Crippen molar-refractivity contribution in [1.82, 2.24) is 20.2 Å². The Kier molecular flexibility index (Phi) is 6.41. The average molecular weight is 399 g/mol. The van der Waals surface area contributed by atoms with Crippen LogP contribution in [0, 0.1) is 0 Å². The molecule has 144 valence electrons. The Bertz CT molecular complexity index is 1000. The lowest BCUT2D eigenvalue weighted by atomic mass is 10.1. The number of nitrogens with one attached hydrogen (secondary N) is 1. The number of amides is 1. The summed E-state index contributed by atoms with van der Waals surface area (Å²) in [6, 6.07) is 10.2. The van der Waals surface area contributed by atoms with Crippen LogP contribution in [0.5, 0.6) is 5.88 Å². The van der Waals surface area contributed by atoms with Crippen molar-refractivity contribution in [2.24, 2.45) is 0 Å². The van der Waals surface area contributed by atoms with Crippen LogP contribution in [0.1, 0.15) is 12.5 Å². The van der Waals surface area contributed by atoms with Gasteiger partial charge in [0.1, 0.15) is 11.4 Å². The maximum Gasteiger partial charge on any atom is 0.239 e. The molecule has 1 atom stereocenters. The molecule has 0 bridgehead atoms. The fourth-order valence-corrected chi connectivity index (χ4v) is 3.37. The van der Waals surface area contributed by atoms with Crippen molar-refractivity contribution in [2.45, 2.75) is 13.3 Å².